The molecule has 103 valence electrons. The summed E-state index contributed by atoms with van der Waals surface area (Å²) in [6.07, 6.45) is 0.586. The Balaban J connectivity index is -0.0000000667. The molecular weight excluding hydrogens is 275 g/mol. The number of carboxylic acid groups (broad SMARTS) is 3. The number of carbonyl (C=O) groups is 3. The second-order valence-corrected chi connectivity index (χ2v) is 3.51. The quantitative estimate of drug-likeness (QED) is 0.639. The third-order valence-electron chi connectivity index (χ3n) is 0.218. The van der Waals surface area contributed by atoms with Crippen LogP contribution in [0.4, 0.5) is 0 Å². The van der Waals surface area contributed by atoms with Crippen molar-refractivity contribution >= 4 is 41.1 Å². The molecule has 0 aliphatic heterocycles. The number of hydrogen-bond acceptors (Lipinski definition) is 3. The molecule has 0 aliphatic carbocycles. The molecule has 0 saturated heterocycles. The van der Waals surface area contributed by atoms with Gasteiger partial charge in [-0.15, -0.1) is 23.2 Å². The highest BCUT2D eigenvalue weighted by Gasteiger charge is 1.86. The number of rotatable bonds is 1. The molecule has 0 fully saturated rings. The highest BCUT2D eigenvalue weighted by atomic mass is 35.5. The maximum absolute atomic E-state index is 9.00. The van der Waals surface area contributed by atoms with Crippen LogP contribution in [0.5, 0.6) is 0 Å². The van der Waals surface area contributed by atoms with Crippen LogP contribution in [0.1, 0.15) is 27.2 Å². The lowest BCUT2D eigenvalue weighted by Crippen LogP contribution is -1.78. The zero-order chi connectivity index (χ0) is 15.0. The van der Waals surface area contributed by atoms with Crippen LogP contribution in [-0.2, 0) is 14.4 Å². The average molecular weight is 292 g/mol. The minimum Gasteiger partial charge on any atom is -0.481 e. The average Bonchev–Trinajstić information content (AvgIpc) is 2.00. The summed E-state index contributed by atoms with van der Waals surface area (Å²) in [5.41, 5.74) is 0. The summed E-state index contributed by atoms with van der Waals surface area (Å²) < 4.78 is 0. The number of halogens is 2. The first kappa shape index (κ1) is 25.0. The van der Waals surface area contributed by atoms with Gasteiger partial charge < -0.3 is 15.3 Å². The third-order valence-corrected chi connectivity index (χ3v) is 0.655. The van der Waals surface area contributed by atoms with Crippen molar-refractivity contribution in [2.45, 2.75) is 32.0 Å². The Morgan fingerprint density at radius 2 is 1.00 bits per heavy atom. The largest absolute Gasteiger partial charge is 0.481 e. The van der Waals surface area contributed by atoms with E-state index in [1.165, 1.54) is 0 Å². The molecule has 0 unspecified atom stereocenters. The topological polar surface area (TPSA) is 112 Å². The molecule has 0 aliphatic rings. The second kappa shape index (κ2) is 20.4. The summed E-state index contributed by atoms with van der Waals surface area (Å²) in [6, 6.07) is 0. The minimum atomic E-state index is -0.833. The molecule has 0 heterocycles. The fourth-order valence-corrected chi connectivity index (χ4v) is 0. The van der Waals surface area contributed by atoms with Gasteiger partial charge >= 0.3 is 0 Å². The molecule has 6 nitrogen and oxygen atoms in total. The van der Waals surface area contributed by atoms with Gasteiger partial charge in [0.05, 0.1) is 0 Å². The van der Waals surface area contributed by atoms with Gasteiger partial charge in [-0.05, 0) is 6.42 Å². The summed E-state index contributed by atoms with van der Waals surface area (Å²) in [5, 5.41) is 22.2. The van der Waals surface area contributed by atoms with Crippen LogP contribution in [-0.4, -0.2) is 38.1 Å². The number of carboxylic acids is 3. The Kier molecular flexibility index (Phi) is 30.0. The molecule has 0 bridgehead atoms. The van der Waals surface area contributed by atoms with Crippen LogP contribution in [0.3, 0.4) is 0 Å². The van der Waals surface area contributed by atoms with Gasteiger partial charge in [0.1, 0.15) is 4.84 Å². The molecule has 0 saturated carbocycles. The van der Waals surface area contributed by atoms with Gasteiger partial charge in [0.15, 0.2) is 0 Å². The molecular formula is C9H17Cl2O6. The number of alkyl halides is 2. The van der Waals surface area contributed by atoms with E-state index >= 15 is 0 Å². The van der Waals surface area contributed by atoms with Crippen molar-refractivity contribution in [3.05, 3.63) is 6.92 Å². The molecule has 0 aromatic rings. The van der Waals surface area contributed by atoms with Crippen molar-refractivity contribution in [1.82, 2.24) is 0 Å². The van der Waals surface area contributed by atoms with Crippen molar-refractivity contribution in [2.75, 3.05) is 0 Å². The van der Waals surface area contributed by atoms with Gasteiger partial charge in [0.2, 0.25) is 0 Å². The van der Waals surface area contributed by atoms with Crippen molar-refractivity contribution in [3.8, 4) is 0 Å². The zero-order valence-electron chi connectivity index (χ0n) is 9.81. The zero-order valence-corrected chi connectivity index (χ0v) is 11.3. The third kappa shape index (κ3) is 2580. The lowest BCUT2D eigenvalue weighted by atomic mass is 10.6. The van der Waals surface area contributed by atoms with Crippen LogP contribution in [0.25, 0.3) is 0 Å². The normalized spacial score (nSPS) is 7.24. The Morgan fingerprint density at radius 3 is 1.00 bits per heavy atom. The van der Waals surface area contributed by atoms with Gasteiger partial charge in [-0.25, -0.2) is 0 Å². The highest BCUT2D eigenvalue weighted by molar-refractivity contribution is 6.44. The van der Waals surface area contributed by atoms with Gasteiger partial charge in [-0.1, -0.05) is 6.92 Å². The van der Waals surface area contributed by atoms with E-state index < -0.39 is 17.9 Å². The van der Waals surface area contributed by atoms with E-state index in [4.69, 9.17) is 52.9 Å². The van der Waals surface area contributed by atoms with Crippen LogP contribution < -0.4 is 0 Å². The van der Waals surface area contributed by atoms with Crippen LogP contribution in [0.15, 0.2) is 0 Å². The number of hydrogen-bond donors (Lipinski definition) is 3. The Morgan fingerprint density at radius 1 is 0.941 bits per heavy atom. The summed E-state index contributed by atoms with van der Waals surface area (Å²) in [4.78, 5) is 26.7. The number of aliphatic carboxylic acids is 3. The Hall–Kier alpha value is -1.01. The molecule has 0 amide bonds. The predicted octanol–water partition coefficient (Wildman–Crippen LogP) is 2.29. The van der Waals surface area contributed by atoms with Gasteiger partial charge in [-0.2, -0.15) is 0 Å². The molecule has 0 atom stereocenters. The monoisotopic (exact) mass is 291 g/mol. The predicted molar refractivity (Wildman–Crippen MR) is 65.4 cm³/mol. The van der Waals surface area contributed by atoms with Gasteiger partial charge in [0.25, 0.3) is 17.9 Å². The first-order chi connectivity index (χ1) is 7.47. The first-order valence-corrected chi connectivity index (χ1v) is 5.00. The van der Waals surface area contributed by atoms with E-state index in [0.29, 0.717) is 6.42 Å². The Labute approximate surface area is 110 Å². The SMILES string of the molecule is CC(=O)O.CC(=O)O.CC(=O)O.[CH2]CC(Cl)Cl. The van der Waals surface area contributed by atoms with E-state index in [0.717, 1.165) is 20.8 Å². The van der Waals surface area contributed by atoms with E-state index in [1.807, 2.05) is 0 Å². The molecule has 0 aromatic heterocycles. The van der Waals surface area contributed by atoms with E-state index in [-0.39, 0.29) is 4.84 Å². The molecule has 8 heteroatoms. The molecule has 0 spiro atoms. The van der Waals surface area contributed by atoms with E-state index in [9.17, 15) is 0 Å². The highest BCUT2D eigenvalue weighted by Crippen LogP contribution is 2.03. The first-order valence-electron chi connectivity index (χ1n) is 4.13. The van der Waals surface area contributed by atoms with Crippen molar-refractivity contribution in [1.29, 1.82) is 0 Å². The molecule has 0 aromatic carbocycles. The fraction of sp³-hybridized carbons (Fsp3) is 0.556. The van der Waals surface area contributed by atoms with E-state index in [2.05, 4.69) is 6.92 Å². The van der Waals surface area contributed by atoms with Gasteiger partial charge in [-0.3, -0.25) is 14.4 Å². The van der Waals surface area contributed by atoms with Crippen LogP contribution in [0, 0.1) is 6.92 Å². The molecule has 1 radical (unpaired) electrons. The minimum absolute atomic E-state index is 0.282. The standard InChI is InChI=1S/C3H5Cl2.3C2H4O2/c1-2-3(4)5;3*1-2(3)4/h3H,1-2H2;3*1H3,(H,3,4). The molecule has 3 N–H and O–H groups in total. The lowest BCUT2D eigenvalue weighted by molar-refractivity contribution is -0.135. The van der Waals surface area contributed by atoms with Crippen LogP contribution >= 0.6 is 23.2 Å². The van der Waals surface area contributed by atoms with Crippen molar-refractivity contribution in [3.63, 3.8) is 0 Å². The van der Waals surface area contributed by atoms with Crippen molar-refractivity contribution in [2.24, 2.45) is 0 Å². The maximum Gasteiger partial charge on any atom is 0.300 e. The lowest BCUT2D eigenvalue weighted by Gasteiger charge is -1.84. The summed E-state index contributed by atoms with van der Waals surface area (Å²) in [5.74, 6) is -2.50. The second-order valence-electron chi connectivity index (χ2n) is 2.24. The van der Waals surface area contributed by atoms with E-state index in [1.54, 1.807) is 0 Å². The maximum atomic E-state index is 9.00. The van der Waals surface area contributed by atoms with Crippen molar-refractivity contribution < 1.29 is 29.7 Å². The summed E-state index contributed by atoms with van der Waals surface area (Å²) >= 11 is 10.3. The smallest absolute Gasteiger partial charge is 0.300 e. The molecule has 0 rings (SSSR count). The Bertz CT molecular complexity index is 165. The summed E-state index contributed by atoms with van der Waals surface area (Å²) in [6.45, 7) is 6.67. The van der Waals surface area contributed by atoms with Crippen LogP contribution in [0.2, 0.25) is 0 Å². The molecule has 17 heavy (non-hydrogen) atoms. The fourth-order valence-electron chi connectivity index (χ4n) is 0. The van der Waals surface area contributed by atoms with Gasteiger partial charge in [0, 0.05) is 20.8 Å². The summed E-state index contributed by atoms with van der Waals surface area (Å²) in [7, 11) is 0.